The Labute approximate surface area is 169 Å². The van der Waals surface area contributed by atoms with Crippen molar-refractivity contribution in [3.8, 4) is 6.07 Å². The Morgan fingerprint density at radius 1 is 1.41 bits per heavy atom. The number of hydrogen-bond acceptors (Lipinski definition) is 5. The Kier molecular flexibility index (Phi) is 6.68. The van der Waals surface area contributed by atoms with Crippen molar-refractivity contribution in [1.29, 1.82) is 5.26 Å². The SMILES string of the molecule is CCOC(=O)Cn1c(C)c(/C=C(\C#N)C(=O)NCC2CCCO2)c2ccccc21. The first-order chi connectivity index (χ1) is 14.0. The highest BCUT2D eigenvalue weighted by atomic mass is 16.5. The highest BCUT2D eigenvalue weighted by molar-refractivity contribution is 6.04. The molecule has 0 spiro atoms. The van der Waals surface area contributed by atoms with Gasteiger partial charge in [-0.2, -0.15) is 5.26 Å². The molecule has 2 aromatic rings. The molecule has 3 rings (SSSR count). The predicted molar refractivity (Wildman–Crippen MR) is 109 cm³/mol. The second-order valence-corrected chi connectivity index (χ2v) is 6.92. The molecule has 1 fully saturated rings. The Balaban J connectivity index is 1.90. The van der Waals surface area contributed by atoms with Gasteiger partial charge in [-0.1, -0.05) is 18.2 Å². The van der Waals surface area contributed by atoms with Gasteiger partial charge in [0.05, 0.1) is 12.7 Å². The van der Waals surface area contributed by atoms with Gasteiger partial charge < -0.3 is 19.4 Å². The summed E-state index contributed by atoms with van der Waals surface area (Å²) in [5, 5.41) is 13.2. The monoisotopic (exact) mass is 395 g/mol. The average molecular weight is 395 g/mol. The lowest BCUT2D eigenvalue weighted by Crippen LogP contribution is -2.32. The number of hydrogen-bond donors (Lipinski definition) is 1. The van der Waals surface area contributed by atoms with Gasteiger partial charge in [0, 0.05) is 35.3 Å². The van der Waals surface area contributed by atoms with Crippen LogP contribution in [0.15, 0.2) is 29.8 Å². The summed E-state index contributed by atoms with van der Waals surface area (Å²) < 4.78 is 12.4. The molecule has 1 saturated heterocycles. The van der Waals surface area contributed by atoms with Gasteiger partial charge in [0.2, 0.25) is 0 Å². The average Bonchev–Trinajstić information content (AvgIpc) is 3.32. The van der Waals surface area contributed by atoms with Gasteiger partial charge >= 0.3 is 5.97 Å². The Bertz CT molecular complexity index is 978. The highest BCUT2D eigenvalue weighted by Crippen LogP contribution is 2.28. The summed E-state index contributed by atoms with van der Waals surface area (Å²) in [6.45, 7) is 5.11. The Morgan fingerprint density at radius 2 is 2.21 bits per heavy atom. The lowest BCUT2D eigenvalue weighted by molar-refractivity contribution is -0.143. The first-order valence-corrected chi connectivity index (χ1v) is 9.80. The number of fused-ring (bicyclic) bond motifs is 1. The van der Waals surface area contributed by atoms with E-state index in [-0.39, 0.29) is 24.2 Å². The van der Waals surface area contributed by atoms with Crippen LogP contribution < -0.4 is 5.32 Å². The Hall–Kier alpha value is -3.11. The third-order valence-electron chi connectivity index (χ3n) is 5.04. The van der Waals surface area contributed by atoms with E-state index in [2.05, 4.69) is 5.32 Å². The van der Waals surface area contributed by atoms with Crippen LogP contribution in [0.5, 0.6) is 0 Å². The predicted octanol–water partition coefficient (Wildman–Crippen LogP) is 2.72. The fourth-order valence-corrected chi connectivity index (χ4v) is 3.58. The second kappa shape index (κ2) is 9.39. The van der Waals surface area contributed by atoms with Crippen LogP contribution in [0.1, 0.15) is 31.0 Å². The fourth-order valence-electron chi connectivity index (χ4n) is 3.58. The molecule has 1 aliphatic heterocycles. The smallest absolute Gasteiger partial charge is 0.325 e. The summed E-state index contributed by atoms with van der Waals surface area (Å²) in [7, 11) is 0. The minimum Gasteiger partial charge on any atom is -0.465 e. The Morgan fingerprint density at radius 3 is 2.90 bits per heavy atom. The molecular weight excluding hydrogens is 370 g/mol. The van der Waals surface area contributed by atoms with E-state index in [1.807, 2.05) is 41.8 Å². The van der Waals surface area contributed by atoms with Gasteiger partial charge in [0.1, 0.15) is 18.2 Å². The summed E-state index contributed by atoms with van der Waals surface area (Å²) >= 11 is 0. The molecule has 29 heavy (non-hydrogen) atoms. The molecule has 0 bridgehead atoms. The number of nitrogens with zero attached hydrogens (tertiary/aromatic N) is 2. The number of ether oxygens (including phenoxy) is 2. The van der Waals surface area contributed by atoms with Crippen LogP contribution in [-0.4, -0.2) is 42.3 Å². The van der Waals surface area contributed by atoms with Gasteiger partial charge in [-0.25, -0.2) is 0 Å². The normalized spacial score (nSPS) is 16.6. The van der Waals surface area contributed by atoms with E-state index in [1.54, 1.807) is 13.0 Å². The molecule has 7 nitrogen and oxygen atoms in total. The van der Waals surface area contributed by atoms with Gasteiger partial charge in [0.15, 0.2) is 0 Å². The van der Waals surface area contributed by atoms with Crippen LogP contribution in [-0.2, 0) is 25.6 Å². The maximum Gasteiger partial charge on any atom is 0.325 e. The van der Waals surface area contributed by atoms with Crippen molar-refractivity contribution in [3.05, 3.63) is 41.1 Å². The zero-order valence-electron chi connectivity index (χ0n) is 16.7. The molecule has 1 unspecified atom stereocenters. The van der Waals surface area contributed by atoms with E-state index in [0.29, 0.717) is 19.8 Å². The molecule has 152 valence electrons. The third-order valence-corrected chi connectivity index (χ3v) is 5.04. The summed E-state index contributed by atoms with van der Waals surface area (Å²) in [5.74, 6) is -0.758. The molecule has 1 aliphatic rings. The van der Waals surface area contributed by atoms with E-state index in [1.165, 1.54) is 0 Å². The highest BCUT2D eigenvalue weighted by Gasteiger charge is 2.20. The molecular formula is C22H25N3O4. The summed E-state index contributed by atoms with van der Waals surface area (Å²) in [6.07, 6.45) is 3.49. The van der Waals surface area contributed by atoms with Crippen LogP contribution in [0.3, 0.4) is 0 Å². The van der Waals surface area contributed by atoms with Crippen molar-refractivity contribution in [1.82, 2.24) is 9.88 Å². The molecule has 1 N–H and O–H groups in total. The minimum absolute atomic E-state index is 0.00659. The number of amides is 1. The zero-order chi connectivity index (χ0) is 20.8. The van der Waals surface area contributed by atoms with Crippen LogP contribution >= 0.6 is 0 Å². The number of aromatic nitrogens is 1. The fraction of sp³-hybridized carbons (Fsp3) is 0.409. The van der Waals surface area contributed by atoms with Gasteiger partial charge in [-0.05, 0) is 38.8 Å². The first-order valence-electron chi connectivity index (χ1n) is 9.80. The van der Waals surface area contributed by atoms with Crippen LogP contribution in [0.4, 0.5) is 0 Å². The van der Waals surface area contributed by atoms with Crippen molar-refractivity contribution in [3.63, 3.8) is 0 Å². The molecule has 2 heterocycles. The molecule has 1 amide bonds. The van der Waals surface area contributed by atoms with Crippen molar-refractivity contribution < 1.29 is 19.1 Å². The molecule has 1 aromatic carbocycles. The standard InChI is InChI=1S/C22H25N3O4/c1-3-28-21(26)14-25-15(2)19(18-8-4-5-9-20(18)25)11-16(12-23)22(27)24-13-17-7-6-10-29-17/h4-5,8-9,11,17H,3,6-7,10,13-14H2,1-2H3,(H,24,27)/b16-11+. The van der Waals surface area contributed by atoms with Crippen LogP contribution in [0.2, 0.25) is 0 Å². The maximum atomic E-state index is 12.5. The molecule has 0 saturated carbocycles. The number of para-hydroxylation sites is 1. The number of carbonyl (C=O) groups is 2. The molecule has 0 aliphatic carbocycles. The minimum atomic E-state index is -0.426. The topological polar surface area (TPSA) is 93.4 Å². The lowest BCUT2D eigenvalue weighted by atomic mass is 10.1. The summed E-state index contributed by atoms with van der Waals surface area (Å²) in [4.78, 5) is 24.5. The zero-order valence-corrected chi connectivity index (χ0v) is 16.7. The number of rotatable bonds is 7. The summed E-state index contributed by atoms with van der Waals surface area (Å²) in [5.41, 5.74) is 2.40. The quantitative estimate of drug-likeness (QED) is 0.442. The lowest BCUT2D eigenvalue weighted by Gasteiger charge is -2.10. The third kappa shape index (κ3) is 4.66. The van der Waals surface area contributed by atoms with Crippen LogP contribution in [0.25, 0.3) is 17.0 Å². The number of esters is 1. The summed E-state index contributed by atoms with van der Waals surface area (Å²) in [6, 6.07) is 9.58. The van der Waals surface area contributed by atoms with Crippen molar-refractivity contribution in [2.24, 2.45) is 0 Å². The molecule has 7 heteroatoms. The van der Waals surface area contributed by atoms with Crippen LogP contribution in [0, 0.1) is 18.3 Å². The van der Waals surface area contributed by atoms with E-state index in [4.69, 9.17) is 9.47 Å². The van der Waals surface area contributed by atoms with Crippen molar-refractivity contribution in [2.75, 3.05) is 19.8 Å². The van der Waals surface area contributed by atoms with E-state index in [0.717, 1.165) is 35.0 Å². The first kappa shape index (κ1) is 20.6. The van der Waals surface area contributed by atoms with E-state index >= 15 is 0 Å². The maximum absolute atomic E-state index is 12.5. The van der Waals surface area contributed by atoms with E-state index < -0.39 is 5.91 Å². The van der Waals surface area contributed by atoms with Gasteiger partial charge in [-0.3, -0.25) is 9.59 Å². The largest absolute Gasteiger partial charge is 0.465 e. The number of carbonyl (C=O) groups excluding carboxylic acids is 2. The second-order valence-electron chi connectivity index (χ2n) is 6.92. The number of nitrogens with one attached hydrogen (secondary N) is 1. The number of nitriles is 1. The van der Waals surface area contributed by atoms with Gasteiger partial charge in [0.25, 0.3) is 5.91 Å². The number of benzene rings is 1. The molecule has 0 radical (unpaired) electrons. The molecule has 1 atom stereocenters. The van der Waals surface area contributed by atoms with Crippen molar-refractivity contribution >= 4 is 28.9 Å². The molecule has 1 aromatic heterocycles. The van der Waals surface area contributed by atoms with E-state index in [9.17, 15) is 14.9 Å². The van der Waals surface area contributed by atoms with Crippen molar-refractivity contribution in [2.45, 2.75) is 39.3 Å². The van der Waals surface area contributed by atoms with Gasteiger partial charge in [-0.15, -0.1) is 0 Å².